The van der Waals surface area contributed by atoms with Crippen LogP contribution in [0.5, 0.6) is 0 Å². The fourth-order valence-electron chi connectivity index (χ4n) is 1.85. The van der Waals surface area contributed by atoms with Crippen LogP contribution in [0.1, 0.15) is 11.3 Å². The van der Waals surface area contributed by atoms with E-state index in [4.69, 9.17) is 11.5 Å². The lowest BCUT2D eigenvalue weighted by molar-refractivity contribution is -0.142. The Kier molecular flexibility index (Phi) is 3.65. The van der Waals surface area contributed by atoms with Crippen molar-refractivity contribution in [3.63, 3.8) is 0 Å². The van der Waals surface area contributed by atoms with Crippen LogP contribution in [0.25, 0.3) is 10.9 Å². The van der Waals surface area contributed by atoms with Crippen molar-refractivity contribution >= 4 is 10.9 Å². The van der Waals surface area contributed by atoms with Crippen LogP contribution in [0.3, 0.4) is 0 Å². The van der Waals surface area contributed by atoms with Gasteiger partial charge in [0.15, 0.2) is 0 Å². The fraction of sp³-hybridized carbons (Fsp3) is 0.273. The van der Waals surface area contributed by atoms with Crippen LogP contribution in [0.2, 0.25) is 0 Å². The number of rotatable bonds is 4. The number of nitrogens with one attached hydrogen (secondary N) is 2. The molecular formula is C11H14F3N5. The molecule has 0 fully saturated rings. The largest absolute Gasteiger partial charge is 0.433 e. The van der Waals surface area contributed by atoms with Crippen LogP contribution >= 0.6 is 0 Å². The zero-order valence-corrected chi connectivity index (χ0v) is 9.96. The first-order chi connectivity index (χ1) is 8.97. The number of alkyl halides is 3. The van der Waals surface area contributed by atoms with Gasteiger partial charge in [-0.25, -0.2) is 10.1 Å². The van der Waals surface area contributed by atoms with Gasteiger partial charge in [0.1, 0.15) is 5.69 Å². The quantitative estimate of drug-likeness (QED) is 0.496. The first-order valence-electron chi connectivity index (χ1n) is 5.58. The fourth-order valence-corrected chi connectivity index (χ4v) is 1.85. The predicted octanol–water partition coefficient (Wildman–Crippen LogP) is 1.08. The second kappa shape index (κ2) is 5.08. The van der Waals surface area contributed by atoms with Crippen LogP contribution in [0.15, 0.2) is 24.3 Å². The van der Waals surface area contributed by atoms with Gasteiger partial charge >= 0.3 is 6.18 Å². The molecule has 19 heavy (non-hydrogen) atoms. The zero-order chi connectivity index (χ0) is 14.0. The highest BCUT2D eigenvalue weighted by molar-refractivity contribution is 5.82. The molecule has 0 aliphatic heterocycles. The van der Waals surface area contributed by atoms with E-state index in [1.807, 2.05) is 0 Å². The van der Waals surface area contributed by atoms with Gasteiger partial charge in [-0.05, 0) is 23.8 Å². The molecular weight excluding hydrogens is 259 g/mol. The van der Waals surface area contributed by atoms with Gasteiger partial charge in [0.2, 0.25) is 0 Å². The molecule has 0 aliphatic rings. The topological polar surface area (TPSA) is 81.0 Å². The van der Waals surface area contributed by atoms with Gasteiger partial charge in [-0.2, -0.15) is 13.2 Å². The third-order valence-electron chi connectivity index (χ3n) is 2.69. The van der Waals surface area contributed by atoms with E-state index >= 15 is 0 Å². The summed E-state index contributed by atoms with van der Waals surface area (Å²) in [5.74, 6) is 0. The molecule has 5 nitrogen and oxygen atoms in total. The van der Waals surface area contributed by atoms with Crippen molar-refractivity contribution < 1.29 is 13.2 Å². The maximum Gasteiger partial charge on any atom is 0.433 e. The Morgan fingerprint density at radius 1 is 1.16 bits per heavy atom. The molecule has 0 atom stereocenters. The lowest BCUT2D eigenvalue weighted by atomic mass is 10.1. The number of nitrogens with two attached hydrogens (primary N) is 2. The summed E-state index contributed by atoms with van der Waals surface area (Å²) in [5.41, 5.74) is 15.9. The summed E-state index contributed by atoms with van der Waals surface area (Å²) in [7, 11) is 0. The average Bonchev–Trinajstić information content (AvgIpc) is 2.73. The van der Waals surface area contributed by atoms with Gasteiger partial charge in [-0.1, -0.05) is 6.07 Å². The maximum absolute atomic E-state index is 13.0. The van der Waals surface area contributed by atoms with Crippen molar-refractivity contribution in [3.8, 4) is 0 Å². The molecule has 8 heteroatoms. The molecule has 0 saturated carbocycles. The molecule has 104 valence electrons. The second-order valence-electron chi connectivity index (χ2n) is 3.95. The number of halogens is 3. The number of hydrogen-bond acceptors (Lipinski definition) is 4. The van der Waals surface area contributed by atoms with E-state index in [-0.39, 0.29) is 13.2 Å². The van der Waals surface area contributed by atoms with E-state index in [1.165, 1.54) is 0 Å². The molecule has 0 saturated heterocycles. The highest BCUT2D eigenvalue weighted by Crippen LogP contribution is 2.33. The summed E-state index contributed by atoms with van der Waals surface area (Å²) in [6, 6.07) is 5.96. The van der Waals surface area contributed by atoms with Crippen LogP contribution in [0.4, 0.5) is 13.2 Å². The van der Waals surface area contributed by atoms with E-state index in [0.717, 1.165) is 16.3 Å². The Morgan fingerprint density at radius 3 is 2.47 bits per heavy atom. The van der Waals surface area contributed by atoms with Crippen LogP contribution in [-0.2, 0) is 12.7 Å². The minimum atomic E-state index is -4.47. The average molecular weight is 273 g/mol. The summed E-state index contributed by atoms with van der Waals surface area (Å²) in [5, 5.41) is 0.460. The Hall–Kier alpha value is -1.77. The highest BCUT2D eigenvalue weighted by atomic mass is 19.4. The number of hydrogen-bond donors (Lipinski definition) is 4. The standard InChI is InChI=1S/C11H14F3N5/c12-11(13,14)10-4-8-3-7(5-15)1-2-9(8)19(10)18-17-6-16/h1-4,17-18H,5-6,15-16H2. The Bertz CT molecular complexity index is 575. The number of hydrazine groups is 1. The van der Waals surface area contributed by atoms with Crippen molar-refractivity contribution in [2.75, 3.05) is 12.2 Å². The van der Waals surface area contributed by atoms with Gasteiger partial charge in [0.05, 0.1) is 12.2 Å². The van der Waals surface area contributed by atoms with E-state index in [9.17, 15) is 13.2 Å². The van der Waals surface area contributed by atoms with E-state index in [2.05, 4.69) is 11.0 Å². The van der Waals surface area contributed by atoms with Crippen molar-refractivity contribution in [1.82, 2.24) is 10.1 Å². The monoisotopic (exact) mass is 273 g/mol. The maximum atomic E-state index is 13.0. The number of nitrogens with zero attached hydrogens (tertiary/aromatic N) is 1. The SMILES string of the molecule is NCNNn1c(C(F)(F)F)cc2cc(CN)ccc21. The summed E-state index contributed by atoms with van der Waals surface area (Å²) < 4.78 is 39.8. The number of aromatic nitrogens is 1. The first kappa shape index (κ1) is 13.7. The van der Waals surface area contributed by atoms with Gasteiger partial charge in [-0.3, -0.25) is 5.53 Å². The Labute approximate surface area is 107 Å². The highest BCUT2D eigenvalue weighted by Gasteiger charge is 2.35. The minimum Gasteiger partial charge on any atom is -0.326 e. The Balaban J connectivity index is 2.58. The second-order valence-corrected chi connectivity index (χ2v) is 3.95. The normalized spacial score (nSPS) is 12.1. The number of fused-ring (bicyclic) bond motifs is 1. The van der Waals surface area contributed by atoms with Crippen molar-refractivity contribution in [2.45, 2.75) is 12.7 Å². The summed E-state index contributed by atoms with van der Waals surface area (Å²) in [6.45, 7) is 0.273. The number of benzene rings is 1. The molecule has 2 aromatic rings. The molecule has 2 rings (SSSR count). The van der Waals surface area contributed by atoms with Crippen molar-refractivity contribution in [1.29, 1.82) is 0 Å². The summed E-state index contributed by atoms with van der Waals surface area (Å²) >= 11 is 0. The molecule has 0 bridgehead atoms. The molecule has 6 N–H and O–H groups in total. The van der Waals surface area contributed by atoms with Crippen LogP contribution in [-0.4, -0.2) is 11.3 Å². The molecule has 0 unspecified atom stereocenters. The third-order valence-corrected chi connectivity index (χ3v) is 2.69. The van der Waals surface area contributed by atoms with Gasteiger partial charge in [0, 0.05) is 11.9 Å². The zero-order valence-electron chi connectivity index (χ0n) is 9.96. The van der Waals surface area contributed by atoms with Gasteiger partial charge < -0.3 is 11.5 Å². The van der Waals surface area contributed by atoms with E-state index in [0.29, 0.717) is 10.9 Å². The smallest absolute Gasteiger partial charge is 0.326 e. The molecule has 1 aromatic carbocycles. The van der Waals surface area contributed by atoms with Gasteiger partial charge in [-0.15, -0.1) is 0 Å². The van der Waals surface area contributed by atoms with Crippen LogP contribution < -0.4 is 22.4 Å². The summed E-state index contributed by atoms with van der Waals surface area (Å²) in [6.07, 6.45) is -4.47. The van der Waals surface area contributed by atoms with Gasteiger partial charge in [0.25, 0.3) is 0 Å². The molecule has 0 aliphatic carbocycles. The molecule has 1 aromatic heterocycles. The predicted molar refractivity (Wildman–Crippen MR) is 66.4 cm³/mol. The van der Waals surface area contributed by atoms with Crippen molar-refractivity contribution in [2.24, 2.45) is 11.5 Å². The summed E-state index contributed by atoms with van der Waals surface area (Å²) in [4.78, 5) is 0. The molecule has 1 heterocycles. The van der Waals surface area contributed by atoms with E-state index in [1.54, 1.807) is 18.2 Å². The first-order valence-corrected chi connectivity index (χ1v) is 5.58. The lowest BCUT2D eigenvalue weighted by Gasteiger charge is -2.15. The lowest BCUT2D eigenvalue weighted by Crippen LogP contribution is -2.36. The molecule has 0 spiro atoms. The minimum absolute atomic E-state index is 0.00213. The molecule has 0 amide bonds. The molecule has 0 radical (unpaired) electrons. The van der Waals surface area contributed by atoms with E-state index < -0.39 is 11.9 Å². The van der Waals surface area contributed by atoms with Crippen molar-refractivity contribution in [3.05, 3.63) is 35.5 Å². The van der Waals surface area contributed by atoms with Crippen LogP contribution in [0, 0.1) is 0 Å². The third kappa shape index (κ3) is 2.65. The Morgan fingerprint density at radius 2 is 1.89 bits per heavy atom.